The van der Waals surface area contributed by atoms with Crippen LogP contribution in [0.5, 0.6) is 5.75 Å². The lowest BCUT2D eigenvalue weighted by atomic mass is 9.90. The number of rotatable bonds is 4. The summed E-state index contributed by atoms with van der Waals surface area (Å²) in [5.41, 5.74) is 3.16. The molecule has 32 heavy (non-hydrogen) atoms. The number of ether oxygens (including phenoxy) is 1. The molecular formula is C25H21ClN2O4. The van der Waals surface area contributed by atoms with Crippen LogP contribution in [-0.2, 0) is 14.4 Å². The van der Waals surface area contributed by atoms with E-state index in [1.54, 1.807) is 36.4 Å². The Kier molecular flexibility index (Phi) is 5.12. The molecule has 2 saturated heterocycles. The van der Waals surface area contributed by atoms with Gasteiger partial charge in [-0.15, -0.1) is 0 Å². The van der Waals surface area contributed by atoms with Crippen molar-refractivity contribution in [3.05, 3.63) is 88.9 Å². The largest absolute Gasteiger partial charge is 0.497 e. The quantitative estimate of drug-likeness (QED) is 0.541. The fourth-order valence-corrected chi connectivity index (χ4v) is 4.44. The Morgan fingerprint density at radius 1 is 0.844 bits per heavy atom. The van der Waals surface area contributed by atoms with E-state index in [1.807, 2.05) is 55.5 Å². The fraction of sp³-hybridized carbons (Fsp3) is 0.200. The molecule has 2 aliphatic heterocycles. The zero-order valence-corrected chi connectivity index (χ0v) is 18.3. The normalized spacial score (nSPS) is 22.4. The third kappa shape index (κ3) is 3.32. The summed E-state index contributed by atoms with van der Waals surface area (Å²) in [6, 6.07) is 21.4. The van der Waals surface area contributed by atoms with Gasteiger partial charge in [-0.1, -0.05) is 41.4 Å². The Balaban J connectivity index is 1.57. The van der Waals surface area contributed by atoms with Gasteiger partial charge in [0.1, 0.15) is 11.7 Å². The molecule has 0 aliphatic carbocycles. The van der Waals surface area contributed by atoms with Gasteiger partial charge in [-0.2, -0.15) is 0 Å². The number of hydrogen-bond acceptors (Lipinski definition) is 5. The molecule has 0 N–H and O–H groups in total. The molecule has 2 aliphatic rings. The number of amides is 2. The van der Waals surface area contributed by atoms with Crippen molar-refractivity contribution in [1.82, 2.24) is 0 Å². The van der Waals surface area contributed by atoms with Crippen LogP contribution in [0.3, 0.4) is 0 Å². The first-order chi connectivity index (χ1) is 15.5. The molecule has 0 aromatic heterocycles. The molecule has 0 spiro atoms. The number of carbonyl (C=O) groups excluding carboxylic acids is 2. The zero-order chi connectivity index (χ0) is 22.4. The Morgan fingerprint density at radius 3 is 2.09 bits per heavy atom. The van der Waals surface area contributed by atoms with Gasteiger partial charge in [0.2, 0.25) is 5.91 Å². The van der Waals surface area contributed by atoms with Crippen LogP contribution >= 0.6 is 11.6 Å². The average molecular weight is 449 g/mol. The van der Waals surface area contributed by atoms with Crippen molar-refractivity contribution in [2.75, 3.05) is 17.1 Å². The molecule has 2 fully saturated rings. The third-order valence-corrected chi connectivity index (χ3v) is 6.20. The van der Waals surface area contributed by atoms with Crippen LogP contribution in [0.2, 0.25) is 5.02 Å². The van der Waals surface area contributed by atoms with Crippen LogP contribution in [0.25, 0.3) is 0 Å². The van der Waals surface area contributed by atoms with Crippen LogP contribution in [0.1, 0.15) is 17.2 Å². The molecule has 5 rings (SSSR count). The maximum atomic E-state index is 13.6. The highest BCUT2D eigenvalue weighted by molar-refractivity contribution is 6.30. The van der Waals surface area contributed by atoms with E-state index in [-0.39, 0.29) is 11.8 Å². The Bertz CT molecular complexity index is 1160. The van der Waals surface area contributed by atoms with Crippen LogP contribution < -0.4 is 14.7 Å². The predicted octanol–water partition coefficient (Wildman–Crippen LogP) is 4.71. The third-order valence-electron chi connectivity index (χ3n) is 5.95. The monoisotopic (exact) mass is 448 g/mol. The van der Waals surface area contributed by atoms with Crippen molar-refractivity contribution in [2.24, 2.45) is 5.92 Å². The predicted molar refractivity (Wildman–Crippen MR) is 122 cm³/mol. The number of aryl methyl sites for hydroxylation is 1. The molecule has 2 amide bonds. The summed E-state index contributed by atoms with van der Waals surface area (Å²) in [5.74, 6) is -0.620. The van der Waals surface area contributed by atoms with Crippen LogP contribution in [0.15, 0.2) is 72.8 Å². The smallest absolute Gasteiger partial charge is 0.266 e. The summed E-state index contributed by atoms with van der Waals surface area (Å²) in [5, 5.41) is 2.24. The number of hydroxylamine groups is 1. The SMILES string of the molecule is COc1ccc([C@@H]2[C@@H]3C(=O)N(c4ccc(C)cc4)C(=O)[C@H]3ON2c2ccc(Cl)cc2)cc1. The molecule has 7 heteroatoms. The van der Waals surface area contributed by atoms with Crippen molar-refractivity contribution in [2.45, 2.75) is 19.1 Å². The number of carbonyl (C=O) groups is 2. The van der Waals surface area contributed by atoms with Crippen LogP contribution in [-0.4, -0.2) is 25.0 Å². The number of methoxy groups -OCH3 is 1. The summed E-state index contributed by atoms with van der Waals surface area (Å²) in [6.45, 7) is 1.96. The lowest BCUT2D eigenvalue weighted by molar-refractivity contribution is -0.126. The summed E-state index contributed by atoms with van der Waals surface area (Å²) in [7, 11) is 1.60. The first-order valence-electron chi connectivity index (χ1n) is 10.3. The molecule has 3 atom stereocenters. The summed E-state index contributed by atoms with van der Waals surface area (Å²) in [6.07, 6.45) is -0.911. The minimum atomic E-state index is -0.911. The van der Waals surface area contributed by atoms with E-state index in [4.69, 9.17) is 21.2 Å². The molecule has 3 aromatic carbocycles. The van der Waals surface area contributed by atoms with E-state index in [9.17, 15) is 9.59 Å². The van der Waals surface area contributed by atoms with Gasteiger partial charge < -0.3 is 4.74 Å². The minimum Gasteiger partial charge on any atom is -0.497 e. The van der Waals surface area contributed by atoms with E-state index in [2.05, 4.69) is 0 Å². The summed E-state index contributed by atoms with van der Waals surface area (Å²) >= 11 is 6.06. The topological polar surface area (TPSA) is 59.1 Å². The Morgan fingerprint density at radius 2 is 1.47 bits per heavy atom. The van der Waals surface area contributed by atoms with Crippen molar-refractivity contribution < 1.29 is 19.2 Å². The molecule has 6 nitrogen and oxygen atoms in total. The second-order valence-electron chi connectivity index (χ2n) is 7.92. The Labute approximate surface area is 190 Å². The molecule has 0 bridgehead atoms. The van der Waals surface area contributed by atoms with Gasteiger partial charge in [-0.3, -0.25) is 14.4 Å². The van der Waals surface area contributed by atoms with Gasteiger partial charge in [0.15, 0.2) is 6.10 Å². The highest BCUT2D eigenvalue weighted by Gasteiger charge is 2.60. The standard InChI is InChI=1S/C25H21ClN2O4/c1-15-3-9-18(10-4-15)27-24(29)21-22(16-5-13-20(31-2)14-6-16)28(32-23(21)25(27)30)19-11-7-17(26)8-12-19/h3-14,21-23H,1-2H3/t21-,22+,23-/m0/s1. The molecule has 3 aromatic rings. The average Bonchev–Trinajstić information content (AvgIpc) is 3.31. The highest BCUT2D eigenvalue weighted by atomic mass is 35.5. The van der Waals surface area contributed by atoms with Crippen LogP contribution in [0, 0.1) is 12.8 Å². The number of imide groups is 1. The van der Waals surface area contributed by atoms with Crippen molar-refractivity contribution in [1.29, 1.82) is 0 Å². The minimum absolute atomic E-state index is 0.277. The number of hydrogen-bond donors (Lipinski definition) is 0. The Hall–Kier alpha value is -3.35. The van der Waals surface area contributed by atoms with Crippen LogP contribution in [0.4, 0.5) is 11.4 Å². The number of benzene rings is 3. The van der Waals surface area contributed by atoms with E-state index in [1.165, 1.54) is 4.90 Å². The van der Waals surface area contributed by atoms with Gasteiger partial charge >= 0.3 is 0 Å². The second-order valence-corrected chi connectivity index (χ2v) is 8.36. The van der Waals surface area contributed by atoms with E-state index < -0.39 is 18.1 Å². The molecular weight excluding hydrogens is 428 g/mol. The van der Waals surface area contributed by atoms with Gasteiger partial charge in [0, 0.05) is 5.02 Å². The van der Waals surface area contributed by atoms with E-state index in [0.717, 1.165) is 11.1 Å². The maximum absolute atomic E-state index is 13.6. The highest BCUT2D eigenvalue weighted by Crippen LogP contribution is 2.47. The molecule has 162 valence electrons. The first kappa shape index (κ1) is 20.5. The van der Waals surface area contributed by atoms with Gasteiger partial charge in [-0.25, -0.2) is 9.96 Å². The van der Waals surface area contributed by atoms with E-state index >= 15 is 0 Å². The van der Waals surface area contributed by atoms with Crippen molar-refractivity contribution >= 4 is 34.8 Å². The first-order valence-corrected chi connectivity index (χ1v) is 10.7. The van der Waals surface area contributed by atoms with Gasteiger partial charge in [-0.05, 0) is 61.0 Å². The van der Waals surface area contributed by atoms with Gasteiger partial charge in [0.05, 0.1) is 24.5 Å². The summed E-state index contributed by atoms with van der Waals surface area (Å²) < 4.78 is 5.28. The zero-order valence-electron chi connectivity index (χ0n) is 17.6. The van der Waals surface area contributed by atoms with Crippen molar-refractivity contribution in [3.8, 4) is 5.75 Å². The molecule has 2 heterocycles. The number of halogens is 1. The number of fused-ring (bicyclic) bond motifs is 1. The fourth-order valence-electron chi connectivity index (χ4n) is 4.31. The lowest BCUT2D eigenvalue weighted by Gasteiger charge is -2.29. The molecule has 0 radical (unpaired) electrons. The molecule has 0 unspecified atom stereocenters. The maximum Gasteiger partial charge on any atom is 0.266 e. The second kappa shape index (κ2) is 7.97. The summed E-state index contributed by atoms with van der Waals surface area (Å²) in [4.78, 5) is 34.3. The molecule has 0 saturated carbocycles. The van der Waals surface area contributed by atoms with Gasteiger partial charge in [0.25, 0.3) is 5.91 Å². The lowest BCUT2D eigenvalue weighted by Crippen LogP contribution is -2.37. The van der Waals surface area contributed by atoms with Crippen molar-refractivity contribution in [3.63, 3.8) is 0 Å². The van der Waals surface area contributed by atoms with E-state index in [0.29, 0.717) is 22.1 Å². The number of nitrogens with zero attached hydrogens (tertiary/aromatic N) is 2. The number of anilines is 2.